The van der Waals surface area contributed by atoms with E-state index in [1.54, 1.807) is 0 Å². The molecule has 0 aliphatic heterocycles. The van der Waals surface area contributed by atoms with Crippen LogP contribution in [0.15, 0.2) is 0 Å². The first-order valence-corrected chi connectivity index (χ1v) is 3.20. The molecule has 1 N–H and O–H groups in total. The molecule has 0 bridgehead atoms. The fourth-order valence-corrected chi connectivity index (χ4v) is 0.853. The van der Waals surface area contributed by atoms with Gasteiger partial charge in [0.25, 0.3) is 0 Å². The van der Waals surface area contributed by atoms with Gasteiger partial charge in [0.2, 0.25) is 0 Å². The maximum absolute atomic E-state index is 8.44. The van der Waals surface area contributed by atoms with E-state index in [0.29, 0.717) is 5.92 Å². The van der Waals surface area contributed by atoms with Crippen molar-refractivity contribution in [3.05, 3.63) is 0 Å². The molecule has 8 heavy (non-hydrogen) atoms. The van der Waals surface area contributed by atoms with Gasteiger partial charge in [-0.25, -0.2) is 0 Å². The van der Waals surface area contributed by atoms with Crippen molar-refractivity contribution in [1.29, 1.82) is 0 Å². The molecule has 0 aliphatic carbocycles. The van der Waals surface area contributed by atoms with E-state index in [1.165, 1.54) is 0 Å². The Morgan fingerprint density at radius 1 is 1.62 bits per heavy atom. The van der Waals surface area contributed by atoms with Crippen molar-refractivity contribution in [2.75, 3.05) is 6.61 Å². The van der Waals surface area contributed by atoms with Gasteiger partial charge in [-0.3, -0.25) is 0 Å². The molecule has 0 aromatic carbocycles. The van der Waals surface area contributed by atoms with Crippen LogP contribution in [0.1, 0.15) is 20.3 Å². The molecule has 0 aromatic rings. The number of hydrogen-bond acceptors (Lipinski definition) is 2. The Balaban J connectivity index is 3.25. The standard InChI is InChI=1S/C6H12OS/c1-5(2)3-6(8)4-7/h5,7H,3-4H2,1-2H3. The van der Waals surface area contributed by atoms with Crippen LogP contribution in [-0.4, -0.2) is 16.6 Å². The van der Waals surface area contributed by atoms with Gasteiger partial charge in [-0.2, -0.15) is 0 Å². The predicted octanol–water partition coefficient (Wildman–Crippen LogP) is 1.39. The van der Waals surface area contributed by atoms with Gasteiger partial charge in [0, 0.05) is 4.86 Å². The summed E-state index contributed by atoms with van der Waals surface area (Å²) in [5.41, 5.74) is 0. The molecule has 0 spiro atoms. The highest BCUT2D eigenvalue weighted by Gasteiger charge is 1.96. The van der Waals surface area contributed by atoms with E-state index in [-0.39, 0.29) is 6.61 Å². The van der Waals surface area contributed by atoms with Crippen LogP contribution in [0.4, 0.5) is 0 Å². The Morgan fingerprint density at radius 3 is 2.25 bits per heavy atom. The van der Waals surface area contributed by atoms with Crippen LogP contribution in [0.25, 0.3) is 0 Å². The minimum Gasteiger partial charge on any atom is -0.391 e. The zero-order valence-corrected chi connectivity index (χ0v) is 6.16. The molecule has 0 rings (SSSR count). The van der Waals surface area contributed by atoms with Crippen molar-refractivity contribution < 1.29 is 5.11 Å². The average Bonchev–Trinajstić information content (AvgIpc) is 1.65. The van der Waals surface area contributed by atoms with Crippen molar-refractivity contribution in [2.45, 2.75) is 20.3 Å². The zero-order chi connectivity index (χ0) is 6.57. The molecule has 0 unspecified atom stereocenters. The van der Waals surface area contributed by atoms with Crippen molar-refractivity contribution >= 4 is 17.1 Å². The van der Waals surface area contributed by atoms with Crippen LogP contribution in [0.2, 0.25) is 0 Å². The number of rotatable bonds is 3. The third-order valence-electron chi connectivity index (χ3n) is 0.812. The van der Waals surface area contributed by atoms with Crippen LogP contribution in [-0.2, 0) is 0 Å². The number of aliphatic hydroxyl groups is 1. The minimum absolute atomic E-state index is 0.0630. The summed E-state index contributed by atoms with van der Waals surface area (Å²) >= 11 is 4.78. The van der Waals surface area contributed by atoms with Crippen LogP contribution < -0.4 is 0 Å². The predicted molar refractivity (Wildman–Crippen MR) is 39.1 cm³/mol. The lowest BCUT2D eigenvalue weighted by atomic mass is 10.1. The normalized spacial score (nSPS) is 10.0. The Labute approximate surface area is 55.7 Å². The van der Waals surface area contributed by atoms with E-state index in [2.05, 4.69) is 13.8 Å². The van der Waals surface area contributed by atoms with Crippen LogP contribution in [0, 0.1) is 5.92 Å². The summed E-state index contributed by atoms with van der Waals surface area (Å²) in [7, 11) is 0. The molecule has 0 fully saturated rings. The van der Waals surface area contributed by atoms with Crippen molar-refractivity contribution in [1.82, 2.24) is 0 Å². The minimum atomic E-state index is 0.0630. The number of thiocarbonyl (C=S) groups is 1. The van der Waals surface area contributed by atoms with Crippen LogP contribution in [0.3, 0.4) is 0 Å². The fraction of sp³-hybridized carbons (Fsp3) is 0.833. The second-order valence-corrected chi connectivity index (χ2v) is 2.87. The van der Waals surface area contributed by atoms with Gasteiger partial charge in [-0.1, -0.05) is 26.1 Å². The van der Waals surface area contributed by atoms with Crippen LogP contribution in [0.5, 0.6) is 0 Å². The van der Waals surface area contributed by atoms with E-state index in [9.17, 15) is 0 Å². The molecule has 0 aromatic heterocycles. The second kappa shape index (κ2) is 3.98. The zero-order valence-electron chi connectivity index (χ0n) is 5.35. The molecule has 0 amide bonds. The molecule has 0 heterocycles. The first-order chi connectivity index (χ1) is 3.66. The van der Waals surface area contributed by atoms with Crippen molar-refractivity contribution in [3.63, 3.8) is 0 Å². The number of hydrogen-bond donors (Lipinski definition) is 1. The average molecular weight is 132 g/mol. The molecule has 48 valence electrons. The Morgan fingerprint density at radius 2 is 2.12 bits per heavy atom. The van der Waals surface area contributed by atoms with Crippen LogP contribution >= 0.6 is 12.2 Å². The molecule has 1 nitrogen and oxygen atoms in total. The lowest BCUT2D eigenvalue weighted by molar-refractivity contribution is 0.355. The topological polar surface area (TPSA) is 20.2 Å². The van der Waals surface area contributed by atoms with Crippen molar-refractivity contribution in [2.24, 2.45) is 5.92 Å². The summed E-state index contributed by atoms with van der Waals surface area (Å²) in [6.07, 6.45) is 0.867. The second-order valence-electron chi connectivity index (χ2n) is 2.29. The van der Waals surface area contributed by atoms with Gasteiger partial charge in [0.1, 0.15) is 0 Å². The smallest absolute Gasteiger partial charge is 0.0744 e. The first kappa shape index (κ1) is 8.05. The molecule has 0 saturated carbocycles. The molecule has 2 heteroatoms. The fourth-order valence-electron chi connectivity index (χ4n) is 0.520. The van der Waals surface area contributed by atoms with E-state index in [0.717, 1.165) is 11.3 Å². The molecule has 0 saturated heterocycles. The lowest BCUT2D eigenvalue weighted by Gasteiger charge is -2.01. The van der Waals surface area contributed by atoms with E-state index >= 15 is 0 Å². The Bertz CT molecular complexity index is 78.6. The third kappa shape index (κ3) is 4.22. The molecule has 0 aliphatic rings. The highest BCUT2D eigenvalue weighted by molar-refractivity contribution is 7.80. The van der Waals surface area contributed by atoms with Crippen molar-refractivity contribution in [3.8, 4) is 0 Å². The Hall–Kier alpha value is 0.0500. The quantitative estimate of drug-likeness (QED) is 0.586. The van der Waals surface area contributed by atoms with Gasteiger partial charge in [0.05, 0.1) is 6.61 Å². The maximum Gasteiger partial charge on any atom is 0.0744 e. The van der Waals surface area contributed by atoms with Gasteiger partial charge < -0.3 is 5.11 Å². The lowest BCUT2D eigenvalue weighted by Crippen LogP contribution is -2.03. The molecule has 0 atom stereocenters. The largest absolute Gasteiger partial charge is 0.391 e. The van der Waals surface area contributed by atoms with E-state index in [4.69, 9.17) is 17.3 Å². The maximum atomic E-state index is 8.44. The SMILES string of the molecule is CC(C)CC(=S)CO. The highest BCUT2D eigenvalue weighted by Crippen LogP contribution is 2.00. The van der Waals surface area contributed by atoms with E-state index in [1.807, 2.05) is 0 Å². The first-order valence-electron chi connectivity index (χ1n) is 2.79. The molecular formula is C6H12OS. The third-order valence-corrected chi connectivity index (χ3v) is 1.11. The van der Waals surface area contributed by atoms with Gasteiger partial charge >= 0.3 is 0 Å². The van der Waals surface area contributed by atoms with Gasteiger partial charge in [0.15, 0.2) is 0 Å². The summed E-state index contributed by atoms with van der Waals surface area (Å²) < 4.78 is 0. The molecule has 0 radical (unpaired) electrons. The monoisotopic (exact) mass is 132 g/mol. The summed E-state index contributed by atoms with van der Waals surface area (Å²) in [4.78, 5) is 0.764. The summed E-state index contributed by atoms with van der Waals surface area (Å²) in [6.45, 7) is 4.23. The van der Waals surface area contributed by atoms with E-state index < -0.39 is 0 Å². The molecular weight excluding hydrogens is 120 g/mol. The number of aliphatic hydroxyl groups excluding tert-OH is 1. The summed E-state index contributed by atoms with van der Waals surface area (Å²) in [5.74, 6) is 0.578. The summed E-state index contributed by atoms with van der Waals surface area (Å²) in [6, 6.07) is 0. The van der Waals surface area contributed by atoms with Gasteiger partial charge in [-0.15, -0.1) is 0 Å². The Kier molecular flexibility index (Phi) is 4.01. The van der Waals surface area contributed by atoms with Gasteiger partial charge in [-0.05, 0) is 12.3 Å². The summed E-state index contributed by atoms with van der Waals surface area (Å²) in [5, 5.41) is 8.44. The highest BCUT2D eigenvalue weighted by atomic mass is 32.1.